The zero-order chi connectivity index (χ0) is 9.10. The SMILES string of the molecule is CCC=Cn1nnc2ccccc21. The quantitative estimate of drug-likeness (QED) is 0.697. The Labute approximate surface area is 76.7 Å². The van der Waals surface area contributed by atoms with Crippen molar-refractivity contribution in [3.63, 3.8) is 0 Å². The van der Waals surface area contributed by atoms with Crippen LogP contribution in [-0.4, -0.2) is 15.0 Å². The summed E-state index contributed by atoms with van der Waals surface area (Å²) in [6.07, 6.45) is 5.00. The third kappa shape index (κ3) is 1.45. The largest absolute Gasteiger partial charge is 0.220 e. The fraction of sp³-hybridized carbons (Fsp3) is 0.200. The number of allylic oxidation sites excluding steroid dienone is 1. The molecule has 3 heteroatoms. The summed E-state index contributed by atoms with van der Waals surface area (Å²) in [5, 5.41) is 8.05. The van der Waals surface area contributed by atoms with Gasteiger partial charge in [-0.2, -0.15) is 0 Å². The summed E-state index contributed by atoms with van der Waals surface area (Å²) in [4.78, 5) is 0. The van der Waals surface area contributed by atoms with Crippen molar-refractivity contribution in [1.29, 1.82) is 0 Å². The third-order valence-electron chi connectivity index (χ3n) is 1.86. The van der Waals surface area contributed by atoms with Crippen LogP contribution in [0.4, 0.5) is 0 Å². The molecule has 66 valence electrons. The van der Waals surface area contributed by atoms with Crippen LogP contribution >= 0.6 is 0 Å². The molecule has 1 aromatic carbocycles. The Hall–Kier alpha value is -1.64. The van der Waals surface area contributed by atoms with Crippen LogP contribution in [0.25, 0.3) is 17.2 Å². The third-order valence-corrected chi connectivity index (χ3v) is 1.86. The summed E-state index contributed by atoms with van der Waals surface area (Å²) >= 11 is 0. The molecule has 0 atom stereocenters. The van der Waals surface area contributed by atoms with Crippen molar-refractivity contribution in [2.24, 2.45) is 0 Å². The standard InChI is InChI=1S/C10H11N3/c1-2-3-8-13-10-7-5-4-6-9(10)11-12-13/h3-8H,2H2,1H3. The van der Waals surface area contributed by atoms with E-state index >= 15 is 0 Å². The molecule has 0 saturated heterocycles. The van der Waals surface area contributed by atoms with E-state index in [4.69, 9.17) is 0 Å². The van der Waals surface area contributed by atoms with Crippen LogP contribution in [0.5, 0.6) is 0 Å². The first-order chi connectivity index (χ1) is 6.42. The second kappa shape index (κ2) is 3.39. The number of rotatable bonds is 2. The molecule has 0 bridgehead atoms. The average molecular weight is 173 g/mol. The number of hydrogen-bond donors (Lipinski definition) is 0. The van der Waals surface area contributed by atoms with Gasteiger partial charge in [-0.15, -0.1) is 5.10 Å². The fourth-order valence-corrected chi connectivity index (χ4v) is 1.20. The first-order valence-electron chi connectivity index (χ1n) is 4.38. The number of para-hydroxylation sites is 1. The van der Waals surface area contributed by atoms with Crippen molar-refractivity contribution in [2.75, 3.05) is 0 Å². The molecule has 0 fully saturated rings. The van der Waals surface area contributed by atoms with E-state index in [9.17, 15) is 0 Å². The van der Waals surface area contributed by atoms with Crippen LogP contribution in [0, 0.1) is 0 Å². The van der Waals surface area contributed by atoms with Gasteiger partial charge in [0, 0.05) is 6.20 Å². The predicted octanol–water partition coefficient (Wildman–Crippen LogP) is 2.31. The lowest BCUT2D eigenvalue weighted by atomic mass is 10.3. The van der Waals surface area contributed by atoms with Gasteiger partial charge in [0.15, 0.2) is 0 Å². The Kier molecular flexibility index (Phi) is 2.08. The van der Waals surface area contributed by atoms with E-state index in [1.807, 2.05) is 30.5 Å². The van der Waals surface area contributed by atoms with Gasteiger partial charge in [-0.25, -0.2) is 4.68 Å². The van der Waals surface area contributed by atoms with Gasteiger partial charge < -0.3 is 0 Å². The summed E-state index contributed by atoms with van der Waals surface area (Å²) < 4.78 is 1.79. The monoisotopic (exact) mass is 173 g/mol. The molecule has 0 N–H and O–H groups in total. The van der Waals surface area contributed by atoms with Crippen molar-refractivity contribution in [3.8, 4) is 0 Å². The number of benzene rings is 1. The maximum absolute atomic E-state index is 4.03. The Morgan fingerprint density at radius 3 is 3.08 bits per heavy atom. The Morgan fingerprint density at radius 1 is 1.38 bits per heavy atom. The molecule has 0 amide bonds. The average Bonchev–Trinajstić information content (AvgIpc) is 2.58. The first kappa shape index (κ1) is 7.98. The lowest BCUT2D eigenvalue weighted by Crippen LogP contribution is -1.87. The van der Waals surface area contributed by atoms with E-state index in [1.165, 1.54) is 0 Å². The molecule has 0 aliphatic carbocycles. The van der Waals surface area contributed by atoms with Gasteiger partial charge in [0.25, 0.3) is 0 Å². The molecule has 13 heavy (non-hydrogen) atoms. The van der Waals surface area contributed by atoms with E-state index in [2.05, 4.69) is 23.3 Å². The van der Waals surface area contributed by atoms with Crippen molar-refractivity contribution in [2.45, 2.75) is 13.3 Å². The van der Waals surface area contributed by atoms with Crippen LogP contribution in [0.3, 0.4) is 0 Å². The fourth-order valence-electron chi connectivity index (χ4n) is 1.20. The lowest BCUT2D eigenvalue weighted by Gasteiger charge is -1.91. The minimum absolute atomic E-state index is 0.934. The molecule has 0 radical (unpaired) electrons. The zero-order valence-electron chi connectivity index (χ0n) is 7.51. The highest BCUT2D eigenvalue weighted by Crippen LogP contribution is 2.09. The number of nitrogens with zero attached hydrogens (tertiary/aromatic N) is 3. The van der Waals surface area contributed by atoms with E-state index in [0.29, 0.717) is 0 Å². The van der Waals surface area contributed by atoms with Crippen LogP contribution < -0.4 is 0 Å². The van der Waals surface area contributed by atoms with Crippen molar-refractivity contribution < 1.29 is 0 Å². The number of hydrogen-bond acceptors (Lipinski definition) is 2. The predicted molar refractivity (Wildman–Crippen MR) is 53.1 cm³/mol. The summed E-state index contributed by atoms with van der Waals surface area (Å²) in [6.45, 7) is 2.09. The second-order valence-electron chi connectivity index (χ2n) is 2.82. The molecule has 1 aromatic heterocycles. The highest BCUT2D eigenvalue weighted by molar-refractivity contribution is 5.75. The summed E-state index contributed by atoms with van der Waals surface area (Å²) in [6, 6.07) is 7.92. The van der Waals surface area contributed by atoms with Crippen molar-refractivity contribution in [3.05, 3.63) is 30.3 Å². The Balaban J connectivity index is 2.52. The smallest absolute Gasteiger partial charge is 0.113 e. The van der Waals surface area contributed by atoms with Gasteiger partial charge in [-0.1, -0.05) is 30.3 Å². The van der Waals surface area contributed by atoms with Gasteiger partial charge in [-0.3, -0.25) is 0 Å². The molecule has 0 saturated carbocycles. The number of aromatic nitrogens is 3. The second-order valence-corrected chi connectivity index (χ2v) is 2.82. The van der Waals surface area contributed by atoms with Gasteiger partial charge >= 0.3 is 0 Å². The van der Waals surface area contributed by atoms with Crippen LogP contribution in [-0.2, 0) is 0 Å². The molecule has 0 aliphatic rings. The molecular formula is C10H11N3. The zero-order valence-corrected chi connectivity index (χ0v) is 7.51. The summed E-state index contributed by atoms with van der Waals surface area (Å²) in [7, 11) is 0. The lowest BCUT2D eigenvalue weighted by molar-refractivity contribution is 0.858. The van der Waals surface area contributed by atoms with Gasteiger partial charge in [0.2, 0.25) is 0 Å². The molecular weight excluding hydrogens is 162 g/mol. The maximum atomic E-state index is 4.03. The minimum Gasteiger partial charge on any atom is -0.220 e. The molecule has 1 heterocycles. The Morgan fingerprint density at radius 2 is 2.23 bits per heavy atom. The first-order valence-corrected chi connectivity index (χ1v) is 4.38. The molecule has 0 aliphatic heterocycles. The van der Waals surface area contributed by atoms with E-state index in [1.54, 1.807) is 4.68 Å². The molecule has 3 nitrogen and oxygen atoms in total. The Bertz CT molecular complexity index is 428. The highest BCUT2D eigenvalue weighted by atomic mass is 15.4. The van der Waals surface area contributed by atoms with Gasteiger partial charge in [-0.05, 0) is 18.6 Å². The summed E-state index contributed by atoms with van der Waals surface area (Å²) in [5.74, 6) is 0. The van der Waals surface area contributed by atoms with Gasteiger partial charge in [0.1, 0.15) is 5.52 Å². The van der Waals surface area contributed by atoms with E-state index in [0.717, 1.165) is 17.5 Å². The minimum atomic E-state index is 0.934. The molecule has 2 rings (SSSR count). The molecule has 0 spiro atoms. The highest BCUT2D eigenvalue weighted by Gasteiger charge is 1.98. The number of fused-ring (bicyclic) bond motifs is 1. The van der Waals surface area contributed by atoms with E-state index < -0.39 is 0 Å². The van der Waals surface area contributed by atoms with E-state index in [-0.39, 0.29) is 0 Å². The van der Waals surface area contributed by atoms with Crippen LogP contribution in [0.15, 0.2) is 30.3 Å². The van der Waals surface area contributed by atoms with Crippen molar-refractivity contribution >= 4 is 17.2 Å². The topological polar surface area (TPSA) is 30.7 Å². The van der Waals surface area contributed by atoms with Crippen LogP contribution in [0.1, 0.15) is 13.3 Å². The molecule has 0 unspecified atom stereocenters. The van der Waals surface area contributed by atoms with Gasteiger partial charge in [0.05, 0.1) is 5.52 Å². The summed E-state index contributed by atoms with van der Waals surface area (Å²) in [5.41, 5.74) is 1.98. The molecule has 2 aromatic rings. The van der Waals surface area contributed by atoms with Crippen LogP contribution in [0.2, 0.25) is 0 Å². The maximum Gasteiger partial charge on any atom is 0.113 e. The van der Waals surface area contributed by atoms with Crippen molar-refractivity contribution in [1.82, 2.24) is 15.0 Å². The normalized spacial score (nSPS) is 11.5.